The number of amides is 2. The second kappa shape index (κ2) is 6.94. The van der Waals surface area contributed by atoms with Crippen molar-refractivity contribution in [3.8, 4) is 11.3 Å². The van der Waals surface area contributed by atoms with E-state index in [4.69, 9.17) is 11.6 Å². The monoisotopic (exact) mass is 361 g/mol. The zero-order chi connectivity index (χ0) is 17.9. The number of anilines is 2. The van der Waals surface area contributed by atoms with E-state index in [9.17, 15) is 4.79 Å². The molecular weight excluding hydrogens is 346 g/mol. The predicted octanol–water partition coefficient (Wildman–Crippen LogP) is 6.13. The number of aromatic nitrogens is 1. The molecular formula is C21H16ClN3O. The van der Waals surface area contributed by atoms with Gasteiger partial charge in [0.25, 0.3) is 0 Å². The van der Waals surface area contributed by atoms with Crippen LogP contribution in [0.2, 0.25) is 5.02 Å². The third-order valence-corrected chi connectivity index (χ3v) is 4.34. The van der Waals surface area contributed by atoms with Gasteiger partial charge in [0, 0.05) is 33.0 Å². The van der Waals surface area contributed by atoms with Crippen molar-refractivity contribution >= 4 is 39.9 Å². The van der Waals surface area contributed by atoms with Gasteiger partial charge >= 0.3 is 6.03 Å². The third-order valence-electron chi connectivity index (χ3n) is 4.09. The Balaban J connectivity index is 1.45. The molecule has 0 aliphatic heterocycles. The Morgan fingerprint density at radius 2 is 1.42 bits per heavy atom. The molecule has 3 aromatic carbocycles. The molecule has 2 amide bonds. The summed E-state index contributed by atoms with van der Waals surface area (Å²) in [5, 5.41) is 7.39. The quantitative estimate of drug-likeness (QED) is 0.403. The summed E-state index contributed by atoms with van der Waals surface area (Å²) in [5.41, 5.74) is 4.61. The molecule has 1 aromatic heterocycles. The zero-order valence-corrected chi connectivity index (χ0v) is 14.5. The minimum atomic E-state index is -0.300. The van der Waals surface area contributed by atoms with Gasteiger partial charge in [-0.1, -0.05) is 41.9 Å². The molecule has 4 nitrogen and oxygen atoms in total. The standard InChI is InChI=1S/C21H16ClN3O/c22-16-7-11-18(12-8-16)24-21(26)23-17-9-5-14(6-10-17)20-13-15-3-1-2-4-19(15)25-20/h1-13,25H,(H2,23,24,26). The van der Waals surface area contributed by atoms with Crippen LogP contribution in [0.3, 0.4) is 0 Å². The average Bonchev–Trinajstić information content (AvgIpc) is 3.08. The first-order valence-corrected chi connectivity index (χ1v) is 8.57. The summed E-state index contributed by atoms with van der Waals surface area (Å²) in [5.74, 6) is 0. The number of carbonyl (C=O) groups is 1. The number of hydrogen-bond acceptors (Lipinski definition) is 1. The van der Waals surface area contributed by atoms with Crippen molar-refractivity contribution in [2.24, 2.45) is 0 Å². The second-order valence-corrected chi connectivity index (χ2v) is 6.37. The minimum absolute atomic E-state index is 0.300. The molecule has 0 spiro atoms. The van der Waals surface area contributed by atoms with E-state index in [1.807, 2.05) is 36.4 Å². The molecule has 3 N–H and O–H groups in total. The summed E-state index contributed by atoms with van der Waals surface area (Å²) in [4.78, 5) is 15.5. The van der Waals surface area contributed by atoms with Gasteiger partial charge in [-0.3, -0.25) is 0 Å². The van der Waals surface area contributed by atoms with E-state index in [0.717, 1.165) is 22.5 Å². The number of rotatable bonds is 3. The minimum Gasteiger partial charge on any atom is -0.355 e. The predicted molar refractivity (Wildman–Crippen MR) is 108 cm³/mol. The summed E-state index contributed by atoms with van der Waals surface area (Å²) in [6.45, 7) is 0. The molecule has 0 atom stereocenters. The van der Waals surface area contributed by atoms with Crippen LogP contribution in [0.5, 0.6) is 0 Å². The number of H-pyrrole nitrogens is 1. The van der Waals surface area contributed by atoms with Crippen LogP contribution in [0, 0.1) is 0 Å². The largest absolute Gasteiger partial charge is 0.355 e. The lowest BCUT2D eigenvalue weighted by molar-refractivity contribution is 0.262. The summed E-state index contributed by atoms with van der Waals surface area (Å²) < 4.78 is 0. The van der Waals surface area contributed by atoms with Gasteiger partial charge in [0.1, 0.15) is 0 Å². The molecule has 26 heavy (non-hydrogen) atoms. The van der Waals surface area contributed by atoms with Crippen LogP contribution in [-0.2, 0) is 0 Å². The molecule has 4 aromatic rings. The Hall–Kier alpha value is -3.24. The van der Waals surface area contributed by atoms with E-state index >= 15 is 0 Å². The molecule has 5 heteroatoms. The fourth-order valence-electron chi connectivity index (χ4n) is 2.79. The second-order valence-electron chi connectivity index (χ2n) is 5.93. The highest BCUT2D eigenvalue weighted by Crippen LogP contribution is 2.25. The fourth-order valence-corrected chi connectivity index (χ4v) is 2.91. The van der Waals surface area contributed by atoms with Crippen LogP contribution in [-0.4, -0.2) is 11.0 Å². The lowest BCUT2D eigenvalue weighted by atomic mass is 10.1. The SMILES string of the molecule is O=C(Nc1ccc(Cl)cc1)Nc1ccc(-c2cc3ccccc3[nH]2)cc1. The van der Waals surface area contributed by atoms with Gasteiger partial charge in [0.15, 0.2) is 0 Å². The Labute approximate surface area is 155 Å². The number of urea groups is 1. The molecule has 128 valence electrons. The van der Waals surface area contributed by atoms with E-state index < -0.39 is 0 Å². The first kappa shape index (κ1) is 16.2. The summed E-state index contributed by atoms with van der Waals surface area (Å²) in [7, 11) is 0. The van der Waals surface area contributed by atoms with Gasteiger partial charge in [-0.05, 0) is 54.1 Å². The molecule has 0 saturated carbocycles. The number of hydrogen-bond donors (Lipinski definition) is 3. The normalized spacial score (nSPS) is 10.7. The zero-order valence-electron chi connectivity index (χ0n) is 13.8. The molecule has 0 unspecified atom stereocenters. The number of nitrogens with one attached hydrogen (secondary N) is 3. The van der Waals surface area contributed by atoms with Gasteiger partial charge < -0.3 is 15.6 Å². The van der Waals surface area contributed by atoms with Crippen molar-refractivity contribution in [2.45, 2.75) is 0 Å². The van der Waals surface area contributed by atoms with Gasteiger partial charge in [-0.2, -0.15) is 0 Å². The maximum Gasteiger partial charge on any atom is 0.323 e. The number of aromatic amines is 1. The fraction of sp³-hybridized carbons (Fsp3) is 0. The number of para-hydroxylation sites is 1. The summed E-state index contributed by atoms with van der Waals surface area (Å²) >= 11 is 5.84. The smallest absolute Gasteiger partial charge is 0.323 e. The van der Waals surface area contributed by atoms with Crippen molar-refractivity contribution in [2.75, 3.05) is 10.6 Å². The van der Waals surface area contributed by atoms with Gasteiger partial charge in [-0.15, -0.1) is 0 Å². The van der Waals surface area contributed by atoms with E-state index in [-0.39, 0.29) is 6.03 Å². The van der Waals surface area contributed by atoms with Crippen LogP contribution >= 0.6 is 11.6 Å². The number of fused-ring (bicyclic) bond motifs is 1. The molecule has 0 aliphatic carbocycles. The van der Waals surface area contributed by atoms with Crippen LogP contribution in [0.25, 0.3) is 22.2 Å². The number of carbonyl (C=O) groups excluding carboxylic acids is 1. The van der Waals surface area contributed by atoms with E-state index in [2.05, 4.69) is 33.8 Å². The molecule has 0 saturated heterocycles. The van der Waals surface area contributed by atoms with Crippen molar-refractivity contribution in [3.05, 3.63) is 83.9 Å². The summed E-state index contributed by atoms with van der Waals surface area (Å²) in [6, 6.07) is 24.6. The maximum atomic E-state index is 12.1. The molecule has 1 heterocycles. The van der Waals surface area contributed by atoms with Crippen LogP contribution in [0.1, 0.15) is 0 Å². The lowest BCUT2D eigenvalue weighted by Gasteiger charge is -2.08. The molecule has 0 radical (unpaired) electrons. The van der Waals surface area contributed by atoms with Crippen LogP contribution in [0.4, 0.5) is 16.2 Å². The highest BCUT2D eigenvalue weighted by Gasteiger charge is 2.05. The van der Waals surface area contributed by atoms with Gasteiger partial charge in [-0.25, -0.2) is 4.79 Å². The van der Waals surface area contributed by atoms with Crippen LogP contribution < -0.4 is 10.6 Å². The highest BCUT2D eigenvalue weighted by molar-refractivity contribution is 6.30. The molecule has 0 bridgehead atoms. The Bertz CT molecular complexity index is 1020. The first-order chi connectivity index (χ1) is 12.7. The Kier molecular flexibility index (Phi) is 4.33. The molecule has 0 aliphatic rings. The van der Waals surface area contributed by atoms with Crippen LogP contribution in [0.15, 0.2) is 78.9 Å². The van der Waals surface area contributed by atoms with E-state index in [0.29, 0.717) is 10.7 Å². The maximum absolute atomic E-state index is 12.1. The van der Waals surface area contributed by atoms with Crippen molar-refractivity contribution in [3.63, 3.8) is 0 Å². The third kappa shape index (κ3) is 3.55. The Morgan fingerprint density at radius 3 is 2.08 bits per heavy atom. The first-order valence-electron chi connectivity index (χ1n) is 8.19. The highest BCUT2D eigenvalue weighted by atomic mass is 35.5. The van der Waals surface area contributed by atoms with E-state index in [1.54, 1.807) is 24.3 Å². The van der Waals surface area contributed by atoms with Crippen molar-refractivity contribution in [1.82, 2.24) is 4.98 Å². The van der Waals surface area contributed by atoms with Gasteiger partial charge in [0.05, 0.1) is 0 Å². The number of halogens is 1. The topological polar surface area (TPSA) is 56.9 Å². The average molecular weight is 362 g/mol. The summed E-state index contributed by atoms with van der Waals surface area (Å²) in [6.07, 6.45) is 0. The van der Waals surface area contributed by atoms with Gasteiger partial charge in [0.2, 0.25) is 0 Å². The Morgan fingerprint density at radius 1 is 0.808 bits per heavy atom. The molecule has 0 fully saturated rings. The lowest BCUT2D eigenvalue weighted by Crippen LogP contribution is -2.19. The molecule has 4 rings (SSSR count). The number of benzene rings is 3. The van der Waals surface area contributed by atoms with Crippen molar-refractivity contribution < 1.29 is 4.79 Å². The van der Waals surface area contributed by atoms with E-state index in [1.165, 1.54) is 5.39 Å². The van der Waals surface area contributed by atoms with Crippen molar-refractivity contribution in [1.29, 1.82) is 0 Å².